The van der Waals surface area contributed by atoms with E-state index >= 15 is 0 Å². The Morgan fingerprint density at radius 2 is 2.04 bits per heavy atom. The van der Waals surface area contributed by atoms with Gasteiger partial charge < -0.3 is 10.1 Å². The Morgan fingerprint density at radius 3 is 2.72 bits per heavy atom. The lowest BCUT2D eigenvalue weighted by Crippen LogP contribution is -2.28. The van der Waals surface area contributed by atoms with E-state index in [-0.39, 0.29) is 34.4 Å². The van der Waals surface area contributed by atoms with Crippen LogP contribution in [0.4, 0.5) is 5.13 Å². The molecule has 2 N–H and O–H groups in total. The van der Waals surface area contributed by atoms with Crippen molar-refractivity contribution in [2.24, 2.45) is 5.92 Å². The highest BCUT2D eigenvalue weighted by atomic mass is 35.5. The number of hydrogen-bond acceptors (Lipinski definition) is 7. The number of benzene rings is 1. The predicted octanol–water partition coefficient (Wildman–Crippen LogP) is 2.14. The fourth-order valence-corrected chi connectivity index (χ4v) is 3.73. The van der Waals surface area contributed by atoms with Crippen LogP contribution in [0.15, 0.2) is 28.6 Å². The first-order chi connectivity index (χ1) is 11.8. The van der Waals surface area contributed by atoms with Crippen molar-refractivity contribution >= 4 is 44.0 Å². The van der Waals surface area contributed by atoms with Gasteiger partial charge in [0, 0.05) is 12.5 Å². The van der Waals surface area contributed by atoms with E-state index in [1.54, 1.807) is 38.1 Å². The number of carbonyl (C=O) groups is 1. The molecule has 1 amide bonds. The Kier molecular flexibility index (Phi) is 6.71. The fraction of sp³-hybridized carbons (Fsp3) is 0.357. The topological polar surface area (TPSA) is 110 Å². The maximum Gasteiger partial charge on any atom is 0.269 e. The van der Waals surface area contributed by atoms with Crippen molar-refractivity contribution in [3.63, 3.8) is 0 Å². The summed E-state index contributed by atoms with van der Waals surface area (Å²) in [5.41, 5.74) is 0. The Labute approximate surface area is 154 Å². The first-order valence-corrected chi connectivity index (χ1v) is 9.98. The molecule has 8 nitrogen and oxygen atoms in total. The van der Waals surface area contributed by atoms with Gasteiger partial charge in [-0.25, -0.2) is 13.1 Å². The van der Waals surface area contributed by atoms with E-state index in [2.05, 4.69) is 20.2 Å². The Morgan fingerprint density at radius 1 is 1.32 bits per heavy atom. The van der Waals surface area contributed by atoms with Gasteiger partial charge in [-0.2, -0.15) is 0 Å². The molecule has 0 bridgehead atoms. The Hall–Kier alpha value is -1.75. The highest BCUT2D eigenvalue weighted by Crippen LogP contribution is 2.23. The molecule has 25 heavy (non-hydrogen) atoms. The summed E-state index contributed by atoms with van der Waals surface area (Å²) in [6.45, 7) is 3.56. The van der Waals surface area contributed by atoms with Crippen LogP contribution in [-0.4, -0.2) is 37.7 Å². The Balaban J connectivity index is 1.88. The zero-order valence-electron chi connectivity index (χ0n) is 13.5. The molecule has 1 aromatic carbocycles. The van der Waals surface area contributed by atoms with Crippen molar-refractivity contribution in [3.05, 3.63) is 29.3 Å². The maximum atomic E-state index is 12.1. The molecule has 2 aromatic rings. The number of anilines is 1. The first-order valence-electron chi connectivity index (χ1n) is 7.31. The molecule has 1 heterocycles. The lowest BCUT2D eigenvalue weighted by atomic mass is 10.2. The molecule has 0 saturated heterocycles. The van der Waals surface area contributed by atoms with Gasteiger partial charge in [0.05, 0.1) is 5.02 Å². The number of amides is 1. The highest BCUT2D eigenvalue weighted by molar-refractivity contribution is 7.91. The number of carbonyl (C=O) groups excluding carboxylic acids is 1. The number of aromatic nitrogens is 2. The minimum absolute atomic E-state index is 0.0286. The van der Waals surface area contributed by atoms with E-state index in [1.807, 2.05) is 0 Å². The molecule has 0 aliphatic rings. The second-order valence-corrected chi connectivity index (χ2v) is 8.52. The molecule has 0 unspecified atom stereocenters. The van der Waals surface area contributed by atoms with Crippen molar-refractivity contribution in [3.8, 4) is 5.75 Å². The first kappa shape index (κ1) is 19.6. The van der Waals surface area contributed by atoms with E-state index in [9.17, 15) is 13.2 Å². The SMILES string of the molecule is CC(C)C(=O)Nc1nnc(S(=O)(=O)NCCOc2ccccc2Cl)s1. The van der Waals surface area contributed by atoms with E-state index in [4.69, 9.17) is 16.3 Å². The molecule has 11 heteroatoms. The lowest BCUT2D eigenvalue weighted by Gasteiger charge is -2.08. The number of para-hydroxylation sites is 1. The molecule has 1 aromatic heterocycles. The van der Waals surface area contributed by atoms with Gasteiger partial charge in [-0.15, -0.1) is 10.2 Å². The number of ether oxygens (including phenoxy) is 1. The zero-order chi connectivity index (χ0) is 18.4. The third-order valence-corrected chi connectivity index (χ3v) is 5.86. The quantitative estimate of drug-likeness (QED) is 0.515. The third kappa shape index (κ3) is 5.63. The number of halogens is 1. The normalized spacial score (nSPS) is 11.5. The summed E-state index contributed by atoms with van der Waals surface area (Å²) in [5.74, 6) is -0.0387. The molecular weight excluding hydrogens is 388 g/mol. The molecule has 0 fully saturated rings. The second-order valence-electron chi connectivity index (χ2n) is 5.19. The van der Waals surface area contributed by atoms with Crippen LogP contribution in [0.25, 0.3) is 0 Å². The summed E-state index contributed by atoms with van der Waals surface area (Å²) >= 11 is 6.72. The van der Waals surface area contributed by atoms with Crippen molar-refractivity contribution in [1.82, 2.24) is 14.9 Å². The smallest absolute Gasteiger partial charge is 0.269 e. The van der Waals surface area contributed by atoms with E-state index in [0.717, 1.165) is 11.3 Å². The average molecular weight is 405 g/mol. The van der Waals surface area contributed by atoms with Gasteiger partial charge in [0.25, 0.3) is 10.0 Å². The van der Waals surface area contributed by atoms with Crippen LogP contribution in [0.2, 0.25) is 5.02 Å². The van der Waals surface area contributed by atoms with Crippen LogP contribution in [0, 0.1) is 5.92 Å². The largest absolute Gasteiger partial charge is 0.491 e. The molecule has 0 aliphatic carbocycles. The van der Waals surface area contributed by atoms with Crippen LogP contribution in [0.3, 0.4) is 0 Å². The van der Waals surface area contributed by atoms with E-state index in [1.165, 1.54) is 0 Å². The Bertz CT molecular complexity index is 839. The molecule has 2 rings (SSSR count). The summed E-state index contributed by atoms with van der Waals surface area (Å²) < 4.78 is 31.8. The number of hydrogen-bond donors (Lipinski definition) is 2. The second kappa shape index (κ2) is 8.56. The van der Waals surface area contributed by atoms with Crippen LogP contribution in [0.5, 0.6) is 5.75 Å². The van der Waals surface area contributed by atoms with E-state index < -0.39 is 10.0 Å². The van der Waals surface area contributed by atoms with Gasteiger partial charge in [-0.3, -0.25) is 4.79 Å². The molecule has 0 spiro atoms. The van der Waals surface area contributed by atoms with Crippen molar-refractivity contribution in [2.45, 2.75) is 18.2 Å². The summed E-state index contributed by atoms with van der Waals surface area (Å²) in [6, 6.07) is 6.89. The molecule has 0 atom stereocenters. The monoisotopic (exact) mass is 404 g/mol. The molecule has 0 aliphatic heterocycles. The highest BCUT2D eigenvalue weighted by Gasteiger charge is 2.21. The predicted molar refractivity (Wildman–Crippen MR) is 95.5 cm³/mol. The number of nitrogens with zero attached hydrogens (tertiary/aromatic N) is 2. The van der Waals surface area contributed by atoms with Crippen molar-refractivity contribution < 1.29 is 17.9 Å². The molecule has 0 saturated carbocycles. The van der Waals surface area contributed by atoms with Crippen LogP contribution in [0.1, 0.15) is 13.8 Å². The molecular formula is C14H17ClN4O4S2. The van der Waals surface area contributed by atoms with Gasteiger partial charge in [-0.05, 0) is 12.1 Å². The minimum atomic E-state index is -3.83. The van der Waals surface area contributed by atoms with Gasteiger partial charge >= 0.3 is 0 Å². The lowest BCUT2D eigenvalue weighted by molar-refractivity contribution is -0.118. The minimum Gasteiger partial charge on any atom is -0.491 e. The summed E-state index contributed by atoms with van der Waals surface area (Å²) in [6.07, 6.45) is 0. The van der Waals surface area contributed by atoms with Crippen LogP contribution >= 0.6 is 22.9 Å². The van der Waals surface area contributed by atoms with E-state index in [0.29, 0.717) is 10.8 Å². The summed E-state index contributed by atoms with van der Waals surface area (Å²) in [4.78, 5) is 11.6. The third-order valence-electron chi connectivity index (χ3n) is 2.88. The molecule has 0 radical (unpaired) electrons. The van der Waals surface area contributed by atoms with Gasteiger partial charge in [-0.1, -0.05) is 48.9 Å². The van der Waals surface area contributed by atoms with Crippen molar-refractivity contribution in [2.75, 3.05) is 18.5 Å². The fourth-order valence-electron chi connectivity index (χ4n) is 1.58. The number of rotatable bonds is 8. The standard InChI is InChI=1S/C14H17ClN4O4S2/c1-9(2)12(20)17-13-18-19-14(24-13)25(21,22)16-7-8-23-11-6-4-3-5-10(11)15/h3-6,9,16H,7-8H2,1-2H3,(H,17,18,20). The number of sulfonamides is 1. The van der Waals surface area contributed by atoms with Gasteiger partial charge in [0.1, 0.15) is 12.4 Å². The van der Waals surface area contributed by atoms with Crippen LogP contribution < -0.4 is 14.8 Å². The summed E-state index contributed by atoms with van der Waals surface area (Å²) in [7, 11) is -3.83. The molecule has 136 valence electrons. The van der Waals surface area contributed by atoms with Gasteiger partial charge in [0.2, 0.25) is 15.4 Å². The maximum absolute atomic E-state index is 12.1. The van der Waals surface area contributed by atoms with Crippen molar-refractivity contribution in [1.29, 1.82) is 0 Å². The van der Waals surface area contributed by atoms with Gasteiger partial charge in [0.15, 0.2) is 0 Å². The van der Waals surface area contributed by atoms with Crippen LogP contribution in [-0.2, 0) is 14.8 Å². The zero-order valence-corrected chi connectivity index (χ0v) is 15.9. The average Bonchev–Trinajstić information content (AvgIpc) is 3.02. The number of nitrogens with one attached hydrogen (secondary N) is 2. The summed E-state index contributed by atoms with van der Waals surface area (Å²) in [5, 5.41) is 10.3.